The van der Waals surface area contributed by atoms with E-state index in [4.69, 9.17) is 10.2 Å². The number of azo groups is 1. The average Bonchev–Trinajstić information content (AvgIpc) is 2.13. The molecule has 0 aliphatic carbocycles. The zero-order valence-corrected chi connectivity index (χ0v) is 10.2. The van der Waals surface area contributed by atoms with Gasteiger partial charge in [-0.15, -0.1) is 0 Å². The van der Waals surface area contributed by atoms with E-state index in [0.717, 1.165) is 0 Å². The molecule has 2 N–H and O–H groups in total. The topological polar surface area (TPSA) is 99.3 Å². The Morgan fingerprint density at radius 1 is 1.00 bits per heavy atom. The molecule has 0 aliphatic heterocycles. The Kier molecular flexibility index (Phi) is 4.17. The summed E-state index contributed by atoms with van der Waals surface area (Å²) < 4.78 is 0. The number of hydrogen-bond acceptors (Lipinski definition) is 4. The maximum absolute atomic E-state index is 11.0. The number of rotatable bonds is 5. The fourth-order valence-corrected chi connectivity index (χ4v) is 0.677. The third kappa shape index (κ3) is 3.01. The van der Waals surface area contributed by atoms with Crippen molar-refractivity contribution in [3.63, 3.8) is 0 Å². The van der Waals surface area contributed by atoms with E-state index in [1.54, 1.807) is 13.8 Å². The highest BCUT2D eigenvalue weighted by Gasteiger charge is 2.38. The highest BCUT2D eigenvalue weighted by molar-refractivity contribution is 5.79. The Morgan fingerprint density at radius 3 is 1.69 bits per heavy atom. The van der Waals surface area contributed by atoms with Gasteiger partial charge in [0.25, 0.3) is 0 Å². The molecule has 0 amide bonds. The summed E-state index contributed by atoms with van der Waals surface area (Å²) in [5.74, 6) is -2.54. The van der Waals surface area contributed by atoms with Gasteiger partial charge < -0.3 is 10.2 Å². The Hall–Kier alpha value is -1.46. The van der Waals surface area contributed by atoms with Crippen LogP contribution in [0.1, 0.15) is 34.6 Å². The van der Waals surface area contributed by atoms with E-state index in [-0.39, 0.29) is 5.92 Å². The molecule has 0 unspecified atom stereocenters. The van der Waals surface area contributed by atoms with Crippen LogP contribution in [0.3, 0.4) is 0 Å². The lowest BCUT2D eigenvalue weighted by Crippen LogP contribution is -2.39. The summed E-state index contributed by atoms with van der Waals surface area (Å²) in [6.45, 7) is 7.53. The second-order valence-electron chi connectivity index (χ2n) is 4.67. The van der Waals surface area contributed by atoms with Crippen LogP contribution in [0.4, 0.5) is 0 Å². The third-order valence-electron chi connectivity index (χ3n) is 2.59. The van der Waals surface area contributed by atoms with E-state index in [1.807, 2.05) is 0 Å². The molecule has 0 aliphatic rings. The maximum Gasteiger partial charge on any atom is 0.333 e. The van der Waals surface area contributed by atoms with Gasteiger partial charge in [0.2, 0.25) is 0 Å². The van der Waals surface area contributed by atoms with Crippen LogP contribution in [0.15, 0.2) is 10.2 Å². The van der Waals surface area contributed by atoms with Crippen LogP contribution in [-0.2, 0) is 9.59 Å². The summed E-state index contributed by atoms with van der Waals surface area (Å²) in [5.41, 5.74) is -2.81. The summed E-state index contributed by atoms with van der Waals surface area (Å²) >= 11 is 0. The Labute approximate surface area is 94.4 Å². The molecule has 0 aromatic heterocycles. The summed E-state index contributed by atoms with van der Waals surface area (Å²) in [7, 11) is 0. The third-order valence-corrected chi connectivity index (χ3v) is 2.59. The maximum atomic E-state index is 11.0. The van der Waals surface area contributed by atoms with Gasteiger partial charge in [0.1, 0.15) is 0 Å². The van der Waals surface area contributed by atoms with Gasteiger partial charge in [0, 0.05) is 0 Å². The predicted molar refractivity (Wildman–Crippen MR) is 57.4 cm³/mol. The minimum Gasteiger partial charge on any atom is -0.479 e. The number of carboxylic acids is 2. The lowest BCUT2D eigenvalue weighted by molar-refractivity contribution is -0.146. The second kappa shape index (κ2) is 4.59. The van der Waals surface area contributed by atoms with E-state index in [9.17, 15) is 9.59 Å². The van der Waals surface area contributed by atoms with E-state index in [1.165, 1.54) is 20.8 Å². The van der Waals surface area contributed by atoms with Crippen LogP contribution in [0.5, 0.6) is 0 Å². The molecule has 1 atom stereocenters. The highest BCUT2D eigenvalue weighted by atomic mass is 16.4. The molecule has 0 aromatic carbocycles. The molecule has 0 bridgehead atoms. The number of hydrogen-bond donors (Lipinski definition) is 2. The van der Waals surface area contributed by atoms with Crippen molar-refractivity contribution < 1.29 is 19.8 Å². The van der Waals surface area contributed by atoms with Crippen molar-refractivity contribution in [3.05, 3.63) is 0 Å². The molecule has 6 heteroatoms. The van der Waals surface area contributed by atoms with Gasteiger partial charge in [0.15, 0.2) is 11.1 Å². The first-order valence-corrected chi connectivity index (χ1v) is 4.95. The van der Waals surface area contributed by atoms with Crippen molar-refractivity contribution >= 4 is 11.9 Å². The number of carbonyl (C=O) groups is 2. The molecule has 0 rings (SSSR count). The van der Waals surface area contributed by atoms with E-state index in [2.05, 4.69) is 10.2 Å². The molecule has 92 valence electrons. The van der Waals surface area contributed by atoms with E-state index in [0.29, 0.717) is 0 Å². The minimum absolute atomic E-state index is 0.279. The number of carboxylic acid groups (broad SMARTS) is 2. The van der Waals surface area contributed by atoms with Crippen LogP contribution < -0.4 is 0 Å². The lowest BCUT2D eigenvalue weighted by Gasteiger charge is -2.24. The molecule has 0 saturated carbocycles. The first-order chi connectivity index (χ1) is 7.04. The Balaban J connectivity index is 5.13. The second-order valence-corrected chi connectivity index (χ2v) is 4.67. The van der Waals surface area contributed by atoms with Crippen molar-refractivity contribution in [1.82, 2.24) is 0 Å². The smallest absolute Gasteiger partial charge is 0.333 e. The van der Waals surface area contributed by atoms with Crippen molar-refractivity contribution in [2.75, 3.05) is 0 Å². The molecule has 0 fully saturated rings. The molecule has 0 radical (unpaired) electrons. The van der Waals surface area contributed by atoms with Crippen molar-refractivity contribution in [2.24, 2.45) is 16.1 Å². The highest BCUT2D eigenvalue weighted by Crippen LogP contribution is 2.24. The Bertz CT molecular complexity index is 323. The van der Waals surface area contributed by atoms with E-state index >= 15 is 0 Å². The average molecular weight is 230 g/mol. The quantitative estimate of drug-likeness (QED) is 0.703. The van der Waals surface area contributed by atoms with Crippen molar-refractivity contribution in [1.29, 1.82) is 0 Å². The minimum atomic E-state index is -1.41. The standard InChI is InChI=1S/C10H18N2O4/c1-6(2)10(5,8(15)16)12-11-9(3,4)7(13)14/h6H,1-5H3,(H,13,14)(H,15,16)/t10-/m1/s1. The van der Waals surface area contributed by atoms with Crippen LogP contribution in [0.25, 0.3) is 0 Å². The first-order valence-electron chi connectivity index (χ1n) is 4.95. The fourth-order valence-electron chi connectivity index (χ4n) is 0.677. The molecule has 6 nitrogen and oxygen atoms in total. The number of aliphatic carboxylic acids is 2. The molecular formula is C10H18N2O4. The monoisotopic (exact) mass is 230 g/mol. The van der Waals surface area contributed by atoms with Crippen LogP contribution in [0, 0.1) is 5.92 Å². The van der Waals surface area contributed by atoms with Gasteiger partial charge in [-0.3, -0.25) is 0 Å². The van der Waals surface area contributed by atoms with Crippen molar-refractivity contribution in [3.8, 4) is 0 Å². The van der Waals surface area contributed by atoms with Gasteiger partial charge in [-0.25, -0.2) is 9.59 Å². The SMILES string of the molecule is CC(C)[C@@](C)(N=NC(C)(C)C(=O)O)C(=O)O. The molecule has 0 saturated heterocycles. The van der Waals surface area contributed by atoms with Crippen molar-refractivity contribution in [2.45, 2.75) is 45.7 Å². The summed E-state index contributed by atoms with van der Waals surface area (Å²) in [6, 6.07) is 0. The summed E-state index contributed by atoms with van der Waals surface area (Å²) in [6.07, 6.45) is 0. The van der Waals surface area contributed by atoms with Gasteiger partial charge in [-0.1, -0.05) is 13.8 Å². The van der Waals surface area contributed by atoms with Crippen LogP contribution >= 0.6 is 0 Å². The van der Waals surface area contributed by atoms with Gasteiger partial charge in [-0.2, -0.15) is 10.2 Å². The summed E-state index contributed by atoms with van der Waals surface area (Å²) in [4.78, 5) is 21.8. The molecule has 0 spiro atoms. The van der Waals surface area contributed by atoms with Crippen LogP contribution in [0.2, 0.25) is 0 Å². The number of nitrogens with zero attached hydrogens (tertiary/aromatic N) is 2. The van der Waals surface area contributed by atoms with E-state index < -0.39 is 23.0 Å². The largest absolute Gasteiger partial charge is 0.479 e. The molecule has 0 heterocycles. The predicted octanol–water partition coefficient (Wildman–Crippen LogP) is 1.80. The van der Waals surface area contributed by atoms with Gasteiger partial charge in [-0.05, 0) is 26.7 Å². The van der Waals surface area contributed by atoms with Gasteiger partial charge >= 0.3 is 11.9 Å². The van der Waals surface area contributed by atoms with Gasteiger partial charge in [0.05, 0.1) is 0 Å². The molecular weight excluding hydrogens is 212 g/mol. The zero-order chi connectivity index (χ0) is 13.1. The Morgan fingerprint density at radius 2 is 1.44 bits per heavy atom. The fraction of sp³-hybridized carbons (Fsp3) is 0.800. The molecule has 16 heavy (non-hydrogen) atoms. The molecule has 0 aromatic rings. The normalized spacial score (nSPS) is 16.4. The zero-order valence-electron chi connectivity index (χ0n) is 10.2. The lowest BCUT2D eigenvalue weighted by atomic mass is 9.90. The first kappa shape index (κ1) is 14.5. The summed E-state index contributed by atoms with van der Waals surface area (Å²) in [5, 5.41) is 25.2. The van der Waals surface area contributed by atoms with Crippen LogP contribution in [-0.4, -0.2) is 33.2 Å².